The third kappa shape index (κ3) is 5.17. The van der Waals surface area contributed by atoms with Crippen LogP contribution in [0, 0.1) is 0 Å². The smallest absolute Gasteiger partial charge is 0.254 e. The Kier molecular flexibility index (Phi) is 7.45. The summed E-state index contributed by atoms with van der Waals surface area (Å²) in [5, 5.41) is 3.12. The normalized spacial score (nSPS) is 12.2. The zero-order valence-electron chi connectivity index (χ0n) is 13.0. The van der Waals surface area contributed by atoms with Gasteiger partial charge in [0.2, 0.25) is 5.91 Å². The molecule has 0 radical (unpaired) electrons. The third-order valence-electron chi connectivity index (χ3n) is 3.03. The maximum atomic E-state index is 12.1. The summed E-state index contributed by atoms with van der Waals surface area (Å²) in [5.41, 5.74) is 0.647. The van der Waals surface area contributed by atoms with Gasteiger partial charge in [0, 0.05) is 32.5 Å². The number of amides is 1. The molecule has 1 unspecified atom stereocenters. The Bertz CT molecular complexity index is 531. The Hall–Kier alpha value is -1.34. The Morgan fingerprint density at radius 2 is 2.24 bits per heavy atom. The summed E-state index contributed by atoms with van der Waals surface area (Å²) < 4.78 is 6.39. The summed E-state index contributed by atoms with van der Waals surface area (Å²) in [6, 6.07) is 1.53. The largest absolute Gasteiger partial charge is 0.383 e. The van der Waals surface area contributed by atoms with Crippen LogP contribution in [0.4, 0.5) is 0 Å². The van der Waals surface area contributed by atoms with E-state index in [0.29, 0.717) is 31.1 Å². The minimum absolute atomic E-state index is 0.0595. The average molecular weight is 313 g/mol. The van der Waals surface area contributed by atoms with Gasteiger partial charge in [0.05, 0.1) is 11.9 Å². The lowest BCUT2D eigenvalue weighted by atomic mass is 10.3. The molecule has 0 aliphatic heterocycles. The highest BCUT2D eigenvalue weighted by Crippen LogP contribution is 2.22. The number of aryl methyl sites for hydroxylation is 1. The second kappa shape index (κ2) is 8.84. The van der Waals surface area contributed by atoms with E-state index in [1.807, 2.05) is 13.8 Å². The van der Waals surface area contributed by atoms with Gasteiger partial charge in [0.15, 0.2) is 5.16 Å². The molecule has 21 heavy (non-hydrogen) atoms. The van der Waals surface area contributed by atoms with Crippen LogP contribution < -0.4 is 10.9 Å². The van der Waals surface area contributed by atoms with Crippen molar-refractivity contribution in [2.45, 2.75) is 37.1 Å². The fraction of sp³-hybridized carbons (Fsp3) is 0.643. The molecule has 6 nitrogen and oxygen atoms in total. The van der Waals surface area contributed by atoms with Crippen molar-refractivity contribution in [1.82, 2.24) is 14.9 Å². The number of rotatable bonds is 8. The summed E-state index contributed by atoms with van der Waals surface area (Å²) in [6.07, 6.45) is 1.36. The van der Waals surface area contributed by atoms with E-state index in [1.54, 1.807) is 14.2 Å². The molecule has 7 heteroatoms. The highest BCUT2D eigenvalue weighted by Gasteiger charge is 2.20. The van der Waals surface area contributed by atoms with Gasteiger partial charge >= 0.3 is 0 Å². The number of carbonyl (C=O) groups is 1. The van der Waals surface area contributed by atoms with Gasteiger partial charge in [0.1, 0.15) is 0 Å². The second-order valence-electron chi connectivity index (χ2n) is 4.58. The molecule has 0 saturated heterocycles. The fourth-order valence-corrected chi connectivity index (χ4v) is 2.72. The molecule has 1 aromatic rings. The van der Waals surface area contributed by atoms with Gasteiger partial charge in [-0.25, -0.2) is 4.98 Å². The molecular formula is C14H23N3O3S. The number of thioether (sulfide) groups is 1. The minimum atomic E-state index is -0.271. The number of nitrogens with one attached hydrogen (secondary N) is 1. The summed E-state index contributed by atoms with van der Waals surface area (Å²) in [7, 11) is 3.26. The summed E-state index contributed by atoms with van der Waals surface area (Å²) in [6.45, 7) is 4.85. The Morgan fingerprint density at radius 1 is 1.52 bits per heavy atom. The van der Waals surface area contributed by atoms with Crippen molar-refractivity contribution in [3.63, 3.8) is 0 Å². The first-order valence-electron chi connectivity index (χ1n) is 7.03. The van der Waals surface area contributed by atoms with Gasteiger partial charge in [0.25, 0.3) is 5.56 Å². The molecule has 0 fully saturated rings. The van der Waals surface area contributed by atoms with Gasteiger partial charge in [-0.15, -0.1) is 0 Å². The van der Waals surface area contributed by atoms with Crippen LogP contribution >= 0.6 is 11.8 Å². The van der Waals surface area contributed by atoms with Crippen LogP contribution in [-0.4, -0.2) is 41.0 Å². The molecule has 1 amide bonds. The topological polar surface area (TPSA) is 73.2 Å². The van der Waals surface area contributed by atoms with Crippen molar-refractivity contribution in [3.8, 4) is 0 Å². The first-order valence-corrected chi connectivity index (χ1v) is 7.91. The van der Waals surface area contributed by atoms with E-state index in [-0.39, 0.29) is 16.7 Å². The summed E-state index contributed by atoms with van der Waals surface area (Å²) in [5.74, 6) is -0.0595. The quantitative estimate of drug-likeness (QED) is 0.440. The van der Waals surface area contributed by atoms with Crippen molar-refractivity contribution in [1.29, 1.82) is 0 Å². The molecule has 1 atom stereocenters. The molecule has 0 aliphatic carbocycles. The molecule has 1 N–H and O–H groups in total. The fourth-order valence-electron chi connectivity index (χ4n) is 1.69. The standard InChI is InChI=1S/C14H23N3O3S/c1-5-10-9-12(18)17(3)14(16-10)21-11(6-2)13(19)15-7-8-20-4/h9,11H,5-8H2,1-4H3,(H,15,19). The van der Waals surface area contributed by atoms with Crippen LogP contribution in [0.25, 0.3) is 0 Å². The van der Waals surface area contributed by atoms with E-state index < -0.39 is 0 Å². The number of methoxy groups -OCH3 is 1. The van der Waals surface area contributed by atoms with Crippen molar-refractivity contribution in [2.75, 3.05) is 20.3 Å². The molecule has 1 aromatic heterocycles. The average Bonchev–Trinajstić information content (AvgIpc) is 2.48. The predicted octanol–water partition coefficient (Wildman–Crippen LogP) is 0.976. The number of ether oxygens (including phenoxy) is 1. The maximum absolute atomic E-state index is 12.1. The van der Waals surface area contributed by atoms with Gasteiger partial charge in [-0.3, -0.25) is 14.2 Å². The lowest BCUT2D eigenvalue weighted by Gasteiger charge is -2.16. The first kappa shape index (κ1) is 17.7. The lowest BCUT2D eigenvalue weighted by Crippen LogP contribution is -2.35. The number of nitrogens with zero attached hydrogens (tertiary/aromatic N) is 2. The van der Waals surface area contributed by atoms with E-state index in [1.165, 1.54) is 22.4 Å². The van der Waals surface area contributed by atoms with Crippen LogP contribution in [0.1, 0.15) is 26.0 Å². The molecule has 1 heterocycles. The molecule has 0 aliphatic rings. The monoisotopic (exact) mass is 313 g/mol. The first-order chi connectivity index (χ1) is 10.0. The van der Waals surface area contributed by atoms with E-state index in [9.17, 15) is 9.59 Å². The molecule has 118 valence electrons. The van der Waals surface area contributed by atoms with Gasteiger partial charge in [-0.05, 0) is 12.8 Å². The van der Waals surface area contributed by atoms with Crippen LogP contribution in [0.15, 0.2) is 16.0 Å². The van der Waals surface area contributed by atoms with Crippen molar-refractivity contribution in [2.24, 2.45) is 7.05 Å². The van der Waals surface area contributed by atoms with E-state index in [0.717, 1.165) is 5.69 Å². The highest BCUT2D eigenvalue weighted by atomic mass is 32.2. The maximum Gasteiger partial charge on any atom is 0.254 e. The zero-order chi connectivity index (χ0) is 15.8. The highest BCUT2D eigenvalue weighted by molar-refractivity contribution is 8.00. The number of hydrogen-bond acceptors (Lipinski definition) is 5. The Morgan fingerprint density at radius 3 is 2.81 bits per heavy atom. The van der Waals surface area contributed by atoms with Crippen molar-refractivity contribution < 1.29 is 9.53 Å². The predicted molar refractivity (Wildman–Crippen MR) is 83.7 cm³/mol. The van der Waals surface area contributed by atoms with Crippen molar-refractivity contribution in [3.05, 3.63) is 22.1 Å². The van der Waals surface area contributed by atoms with Crippen LogP contribution in [0.5, 0.6) is 0 Å². The van der Waals surface area contributed by atoms with Crippen LogP contribution in [-0.2, 0) is 23.0 Å². The molecule has 0 bridgehead atoms. The Balaban J connectivity index is 2.83. The number of carbonyl (C=O) groups excluding carboxylic acids is 1. The number of aromatic nitrogens is 2. The lowest BCUT2D eigenvalue weighted by molar-refractivity contribution is -0.120. The van der Waals surface area contributed by atoms with Gasteiger partial charge in [-0.2, -0.15) is 0 Å². The van der Waals surface area contributed by atoms with Crippen LogP contribution in [0.2, 0.25) is 0 Å². The molecule has 0 spiro atoms. The third-order valence-corrected chi connectivity index (χ3v) is 4.43. The van der Waals surface area contributed by atoms with E-state index in [4.69, 9.17) is 4.74 Å². The van der Waals surface area contributed by atoms with Gasteiger partial charge in [-0.1, -0.05) is 25.6 Å². The molecule has 0 saturated carbocycles. The Labute approximate surface area is 129 Å². The van der Waals surface area contributed by atoms with Crippen LogP contribution in [0.3, 0.4) is 0 Å². The summed E-state index contributed by atoms with van der Waals surface area (Å²) in [4.78, 5) is 28.4. The number of hydrogen-bond donors (Lipinski definition) is 1. The molecule has 0 aromatic carbocycles. The van der Waals surface area contributed by atoms with E-state index in [2.05, 4.69) is 10.3 Å². The SMILES string of the molecule is CCc1cc(=O)n(C)c(SC(CC)C(=O)NCCOC)n1. The van der Waals surface area contributed by atoms with Crippen molar-refractivity contribution >= 4 is 17.7 Å². The minimum Gasteiger partial charge on any atom is -0.383 e. The van der Waals surface area contributed by atoms with Gasteiger partial charge < -0.3 is 10.1 Å². The zero-order valence-corrected chi connectivity index (χ0v) is 13.8. The van der Waals surface area contributed by atoms with E-state index >= 15 is 0 Å². The second-order valence-corrected chi connectivity index (χ2v) is 5.75. The summed E-state index contributed by atoms with van der Waals surface area (Å²) >= 11 is 1.32. The molecule has 1 rings (SSSR count). The molecular weight excluding hydrogens is 290 g/mol.